The highest BCUT2D eigenvalue weighted by molar-refractivity contribution is 5.51. The third-order valence-corrected chi connectivity index (χ3v) is 4.64. The molecule has 0 saturated carbocycles. The normalized spacial score (nSPS) is 19.5. The first-order valence-electron chi connectivity index (χ1n) is 8.53. The Kier molecular flexibility index (Phi) is 4.37. The van der Waals surface area contributed by atoms with E-state index < -0.39 is 0 Å². The van der Waals surface area contributed by atoms with Gasteiger partial charge in [0.05, 0.1) is 22.2 Å². The van der Waals surface area contributed by atoms with Crippen molar-refractivity contribution in [2.24, 2.45) is 0 Å². The minimum Gasteiger partial charge on any atom is -0.265 e. The van der Waals surface area contributed by atoms with Gasteiger partial charge in [0, 0.05) is 12.5 Å². The quantitative estimate of drug-likeness (QED) is 0.480. The first kappa shape index (κ1) is 16.3. The summed E-state index contributed by atoms with van der Waals surface area (Å²) in [4.78, 5) is 17.4. The van der Waals surface area contributed by atoms with Gasteiger partial charge in [0.15, 0.2) is 0 Å². The molecule has 0 unspecified atom stereocenters. The van der Waals surface area contributed by atoms with Gasteiger partial charge in [-0.25, -0.2) is 5.06 Å². The highest BCUT2D eigenvalue weighted by atomic mass is 16.7. The molecule has 5 nitrogen and oxygen atoms in total. The molecule has 0 aliphatic carbocycles. The topological polar surface area (TPSA) is 55.6 Å². The molecule has 1 heterocycles. The van der Waals surface area contributed by atoms with Crippen LogP contribution in [0.4, 0.5) is 11.4 Å². The van der Waals surface area contributed by atoms with Gasteiger partial charge >= 0.3 is 0 Å². The molecule has 0 radical (unpaired) electrons. The molecular weight excluding hydrogens is 328 g/mol. The van der Waals surface area contributed by atoms with Crippen LogP contribution in [0.5, 0.6) is 0 Å². The number of hydroxylamine groups is 1. The van der Waals surface area contributed by atoms with Crippen LogP contribution >= 0.6 is 0 Å². The second-order valence-corrected chi connectivity index (χ2v) is 6.23. The summed E-state index contributed by atoms with van der Waals surface area (Å²) in [5.74, 6) is 0. The van der Waals surface area contributed by atoms with Crippen molar-refractivity contribution >= 4 is 11.4 Å². The highest BCUT2D eigenvalue weighted by Gasteiger charge is 2.38. The zero-order chi connectivity index (χ0) is 17.9. The summed E-state index contributed by atoms with van der Waals surface area (Å²) in [7, 11) is 0. The van der Waals surface area contributed by atoms with Crippen LogP contribution in [0.25, 0.3) is 0 Å². The standard InChI is InChI=1S/C21H18N2O3/c24-23(25)19-14-8-7-13-18(19)20-15-21(16-9-3-1-4-10-16)26-22(20)17-11-5-2-6-12-17/h1-14,20-21H,15H2/t20-,21+/m1/s1. The van der Waals surface area contributed by atoms with Gasteiger partial charge in [-0.1, -0.05) is 60.7 Å². The first-order valence-corrected chi connectivity index (χ1v) is 8.53. The third kappa shape index (κ3) is 3.05. The van der Waals surface area contributed by atoms with E-state index in [4.69, 9.17) is 4.84 Å². The van der Waals surface area contributed by atoms with Crippen LogP contribution in [-0.2, 0) is 4.84 Å². The summed E-state index contributed by atoms with van der Waals surface area (Å²) in [6.45, 7) is 0. The van der Waals surface area contributed by atoms with Crippen LogP contribution in [0.1, 0.15) is 29.7 Å². The molecule has 0 spiro atoms. The summed E-state index contributed by atoms with van der Waals surface area (Å²) in [6, 6.07) is 26.3. The predicted octanol–water partition coefficient (Wildman–Crippen LogP) is 5.22. The lowest BCUT2D eigenvalue weighted by molar-refractivity contribution is -0.385. The molecule has 0 N–H and O–H groups in total. The summed E-state index contributed by atoms with van der Waals surface area (Å²) >= 11 is 0. The average molecular weight is 346 g/mol. The van der Waals surface area contributed by atoms with Crippen molar-refractivity contribution in [3.8, 4) is 0 Å². The Hall–Kier alpha value is -3.18. The van der Waals surface area contributed by atoms with Crippen molar-refractivity contribution in [1.82, 2.24) is 0 Å². The number of hydrogen-bond acceptors (Lipinski definition) is 4. The van der Waals surface area contributed by atoms with E-state index in [0.29, 0.717) is 12.0 Å². The van der Waals surface area contributed by atoms with Crippen LogP contribution in [-0.4, -0.2) is 4.92 Å². The second-order valence-electron chi connectivity index (χ2n) is 6.23. The van der Waals surface area contributed by atoms with Gasteiger partial charge in [0.2, 0.25) is 0 Å². The lowest BCUT2D eigenvalue weighted by Gasteiger charge is -2.25. The van der Waals surface area contributed by atoms with Crippen LogP contribution in [0.3, 0.4) is 0 Å². The SMILES string of the molecule is O=[N+]([O-])c1ccccc1[C@H]1C[C@@H](c2ccccc2)ON1c1ccccc1. The van der Waals surface area contributed by atoms with Crippen LogP contribution in [0.2, 0.25) is 0 Å². The highest BCUT2D eigenvalue weighted by Crippen LogP contribution is 2.46. The Morgan fingerprint density at radius 1 is 0.885 bits per heavy atom. The molecule has 0 bridgehead atoms. The Morgan fingerprint density at radius 3 is 2.19 bits per heavy atom. The molecule has 3 aromatic rings. The number of rotatable bonds is 4. The van der Waals surface area contributed by atoms with Crippen molar-refractivity contribution in [1.29, 1.82) is 0 Å². The van der Waals surface area contributed by atoms with Crippen molar-refractivity contribution in [3.05, 3.63) is 106 Å². The number of nitro benzene ring substituents is 1. The molecule has 2 atom stereocenters. The second kappa shape index (κ2) is 6.98. The minimum atomic E-state index is -0.325. The molecule has 1 aliphatic heterocycles. The average Bonchev–Trinajstić information content (AvgIpc) is 3.14. The van der Waals surface area contributed by atoms with E-state index >= 15 is 0 Å². The van der Waals surface area contributed by atoms with E-state index in [1.807, 2.05) is 72.8 Å². The molecular formula is C21H18N2O3. The fraction of sp³-hybridized carbons (Fsp3) is 0.143. The number of benzene rings is 3. The molecule has 3 aromatic carbocycles. The maximum absolute atomic E-state index is 11.5. The zero-order valence-electron chi connectivity index (χ0n) is 14.1. The monoisotopic (exact) mass is 346 g/mol. The largest absolute Gasteiger partial charge is 0.274 e. The Labute approximate surface area is 151 Å². The number of anilines is 1. The molecule has 4 rings (SSSR count). The van der Waals surface area contributed by atoms with E-state index in [1.165, 1.54) is 0 Å². The van der Waals surface area contributed by atoms with Gasteiger partial charge in [-0.15, -0.1) is 0 Å². The smallest absolute Gasteiger partial charge is 0.265 e. The molecule has 130 valence electrons. The molecule has 26 heavy (non-hydrogen) atoms. The molecule has 0 amide bonds. The van der Waals surface area contributed by atoms with Crippen LogP contribution in [0, 0.1) is 10.1 Å². The minimum absolute atomic E-state index is 0.121. The third-order valence-electron chi connectivity index (χ3n) is 4.64. The van der Waals surface area contributed by atoms with Gasteiger partial charge in [0.1, 0.15) is 6.10 Å². The zero-order valence-corrected chi connectivity index (χ0v) is 14.1. The van der Waals surface area contributed by atoms with Crippen LogP contribution < -0.4 is 5.06 Å². The fourth-order valence-corrected chi connectivity index (χ4v) is 3.42. The fourth-order valence-electron chi connectivity index (χ4n) is 3.42. The predicted molar refractivity (Wildman–Crippen MR) is 99.6 cm³/mol. The van der Waals surface area contributed by atoms with Crippen LogP contribution in [0.15, 0.2) is 84.9 Å². The molecule has 1 fully saturated rings. The summed E-state index contributed by atoms with van der Waals surface area (Å²) in [5, 5.41) is 13.3. The van der Waals surface area contributed by atoms with Crippen molar-refractivity contribution < 1.29 is 9.76 Å². The van der Waals surface area contributed by atoms with E-state index in [2.05, 4.69) is 0 Å². The Morgan fingerprint density at radius 2 is 1.50 bits per heavy atom. The van der Waals surface area contributed by atoms with Crippen molar-refractivity contribution in [3.63, 3.8) is 0 Å². The number of nitro groups is 1. The summed E-state index contributed by atoms with van der Waals surface area (Å²) in [6.07, 6.45) is 0.491. The van der Waals surface area contributed by atoms with E-state index in [-0.39, 0.29) is 22.8 Å². The van der Waals surface area contributed by atoms with E-state index in [1.54, 1.807) is 17.2 Å². The lowest BCUT2D eigenvalue weighted by atomic mass is 9.96. The number of hydrogen-bond donors (Lipinski definition) is 0. The maximum atomic E-state index is 11.5. The van der Waals surface area contributed by atoms with Gasteiger partial charge in [-0.2, -0.15) is 0 Å². The molecule has 0 aromatic heterocycles. The first-order chi connectivity index (χ1) is 12.7. The van der Waals surface area contributed by atoms with Crippen molar-refractivity contribution in [2.45, 2.75) is 18.6 Å². The molecule has 1 saturated heterocycles. The van der Waals surface area contributed by atoms with Gasteiger partial charge in [-0.3, -0.25) is 15.0 Å². The Bertz CT molecular complexity index is 899. The van der Waals surface area contributed by atoms with Crippen molar-refractivity contribution in [2.75, 3.05) is 5.06 Å². The molecule has 1 aliphatic rings. The summed E-state index contributed by atoms with van der Waals surface area (Å²) in [5.41, 5.74) is 2.74. The van der Waals surface area contributed by atoms with Gasteiger partial charge in [0.25, 0.3) is 5.69 Å². The number of nitrogens with zero attached hydrogens (tertiary/aromatic N) is 2. The number of para-hydroxylation sites is 2. The van der Waals surface area contributed by atoms with E-state index in [9.17, 15) is 10.1 Å². The van der Waals surface area contributed by atoms with E-state index in [0.717, 1.165) is 11.3 Å². The van der Waals surface area contributed by atoms with Gasteiger partial charge in [-0.05, 0) is 23.8 Å². The Balaban J connectivity index is 1.76. The maximum Gasteiger partial charge on any atom is 0.274 e. The summed E-state index contributed by atoms with van der Waals surface area (Å²) < 4.78 is 0. The van der Waals surface area contributed by atoms with Gasteiger partial charge < -0.3 is 0 Å². The molecule has 5 heteroatoms. The lowest BCUT2D eigenvalue weighted by Crippen LogP contribution is -2.22.